The molecule has 0 saturated heterocycles. The second-order valence-electron chi connectivity index (χ2n) is 20.2. The highest BCUT2D eigenvalue weighted by molar-refractivity contribution is 5.96. The number of hydrogen-bond acceptors (Lipinski definition) is 7. The number of nitrogens with zero attached hydrogens (tertiary/aromatic N) is 8. The topological polar surface area (TPSA) is 147 Å². The first-order valence-electron chi connectivity index (χ1n) is 24.8. The minimum absolute atomic E-state index is 0.0562. The highest BCUT2D eigenvalue weighted by Crippen LogP contribution is 2.39. The first kappa shape index (κ1) is 51.1. The standard InChI is InChI=1S/C29H34F3N5O3.C24H26F3N5O/c1-28(2,3)40-26(38)33-16-19-9-12-24-22(15-19)34-25(35(24)14-6-13-29(30,31)32)18-37-23-8-5-4-7-20(23)17-36(27(37)39)21-10-11-21;25-24(26,27)10-3-11-30-21-9-6-16(13-28)12-19(21)29-22(30)15-32-20-5-2-1-4-17(20)14-31(23(32)33)18-7-8-18/h4-5,7-9,12,15,21H,6,10-11,13-14,16-18H2,1-3H3,(H,33,38);1-2,4-6,9,12,18H,3,7-8,10-11,13-15,28H2. The number of alkyl halides is 6. The fraction of sp³-hybridized carbons (Fsp3) is 0.453. The normalized spacial score (nSPS) is 16.2. The van der Waals surface area contributed by atoms with E-state index < -0.39 is 36.9 Å². The van der Waals surface area contributed by atoms with E-state index in [1.54, 1.807) is 47.3 Å². The number of nitrogens with two attached hydrogens (primary N) is 1. The maximum absolute atomic E-state index is 13.6. The average molecular weight is 1020 g/mol. The lowest BCUT2D eigenvalue weighted by Gasteiger charge is -2.37. The molecule has 4 heterocycles. The number of aromatic nitrogens is 4. The van der Waals surface area contributed by atoms with E-state index in [1.165, 1.54) is 0 Å². The van der Waals surface area contributed by atoms with Gasteiger partial charge in [0, 0.05) is 64.2 Å². The Labute approximate surface area is 419 Å². The molecule has 2 saturated carbocycles. The summed E-state index contributed by atoms with van der Waals surface area (Å²) in [5.41, 5.74) is 13.2. The molecule has 0 bridgehead atoms. The third-order valence-electron chi connectivity index (χ3n) is 13.3. The van der Waals surface area contributed by atoms with Gasteiger partial charge < -0.3 is 34.7 Å². The molecule has 388 valence electrons. The number of alkyl carbamates (subject to hydrolysis) is 1. The van der Waals surface area contributed by atoms with Crippen LogP contribution in [0.15, 0.2) is 84.9 Å². The molecular weight excluding hydrogens is 955 g/mol. The van der Waals surface area contributed by atoms with Gasteiger partial charge in [-0.25, -0.2) is 24.4 Å². The van der Waals surface area contributed by atoms with E-state index in [0.717, 1.165) is 64.8 Å². The summed E-state index contributed by atoms with van der Waals surface area (Å²) in [6.07, 6.45) is -7.02. The second-order valence-corrected chi connectivity index (χ2v) is 20.2. The molecular formula is C53H60F6N10O4. The summed E-state index contributed by atoms with van der Waals surface area (Å²) in [7, 11) is 0. The fourth-order valence-corrected chi connectivity index (χ4v) is 9.56. The van der Waals surface area contributed by atoms with Gasteiger partial charge in [-0.15, -0.1) is 0 Å². The molecule has 73 heavy (non-hydrogen) atoms. The van der Waals surface area contributed by atoms with Crippen LogP contribution < -0.4 is 20.9 Å². The first-order valence-corrected chi connectivity index (χ1v) is 24.8. The summed E-state index contributed by atoms with van der Waals surface area (Å²) in [6.45, 7) is 7.62. The van der Waals surface area contributed by atoms with Gasteiger partial charge >= 0.3 is 30.5 Å². The van der Waals surface area contributed by atoms with Gasteiger partial charge in [0.25, 0.3) is 0 Å². The fourth-order valence-electron chi connectivity index (χ4n) is 9.56. The molecule has 4 aliphatic rings. The van der Waals surface area contributed by atoms with Crippen LogP contribution in [-0.2, 0) is 57.1 Å². The van der Waals surface area contributed by atoms with E-state index in [2.05, 4.69) is 5.32 Å². The van der Waals surface area contributed by atoms with E-state index in [1.807, 2.05) is 87.2 Å². The number of ether oxygens (including phenoxy) is 1. The number of carbonyl (C=O) groups is 3. The van der Waals surface area contributed by atoms with Gasteiger partial charge in [0.05, 0.1) is 46.5 Å². The lowest BCUT2D eigenvalue weighted by molar-refractivity contribution is -0.136. The van der Waals surface area contributed by atoms with E-state index in [9.17, 15) is 40.7 Å². The highest BCUT2D eigenvalue weighted by Gasteiger charge is 2.41. The maximum atomic E-state index is 13.6. The van der Waals surface area contributed by atoms with Crippen molar-refractivity contribution in [3.63, 3.8) is 0 Å². The molecule has 10 rings (SSSR count). The molecule has 4 aromatic carbocycles. The number of hydrogen-bond donors (Lipinski definition) is 2. The van der Waals surface area contributed by atoms with Crippen LogP contribution in [0.5, 0.6) is 0 Å². The number of fused-ring (bicyclic) bond motifs is 4. The van der Waals surface area contributed by atoms with Crippen molar-refractivity contribution in [2.45, 2.75) is 155 Å². The van der Waals surface area contributed by atoms with Crippen LogP contribution in [0.4, 0.5) is 52.1 Å². The molecule has 0 atom stereocenters. The van der Waals surface area contributed by atoms with Crippen molar-refractivity contribution in [3.8, 4) is 0 Å². The Bertz CT molecular complexity index is 2990. The van der Waals surface area contributed by atoms with Crippen molar-refractivity contribution in [2.75, 3.05) is 9.80 Å². The van der Waals surface area contributed by atoms with Crippen LogP contribution in [0.25, 0.3) is 22.1 Å². The zero-order valence-electron chi connectivity index (χ0n) is 41.1. The van der Waals surface area contributed by atoms with Gasteiger partial charge in [0.15, 0.2) is 0 Å². The van der Waals surface area contributed by atoms with Crippen LogP contribution in [-0.4, -0.2) is 77.1 Å². The van der Waals surface area contributed by atoms with Crippen LogP contribution in [0.1, 0.15) is 106 Å². The molecule has 20 heteroatoms. The number of carbonyl (C=O) groups excluding carboxylic acids is 3. The smallest absolute Gasteiger partial charge is 0.407 e. The number of rotatable bonds is 15. The molecule has 0 unspecified atom stereocenters. The molecule has 5 amide bonds. The average Bonchev–Trinajstić information content (AvgIpc) is 4.28. The number of aryl methyl sites for hydroxylation is 2. The Morgan fingerprint density at radius 3 is 1.52 bits per heavy atom. The number of urea groups is 2. The summed E-state index contributed by atoms with van der Waals surface area (Å²) < 4.78 is 86.3. The third-order valence-corrected chi connectivity index (χ3v) is 13.3. The van der Waals surface area contributed by atoms with Gasteiger partial charge in [-0.2, -0.15) is 26.3 Å². The quantitative estimate of drug-likeness (QED) is 0.0974. The summed E-state index contributed by atoms with van der Waals surface area (Å²) >= 11 is 0. The number of halogens is 6. The lowest BCUT2D eigenvalue weighted by atomic mass is 10.1. The molecule has 2 aliphatic carbocycles. The first-order chi connectivity index (χ1) is 34.7. The minimum Gasteiger partial charge on any atom is -0.444 e. The maximum Gasteiger partial charge on any atom is 0.407 e. The molecule has 3 N–H and O–H groups in total. The van der Waals surface area contributed by atoms with Crippen LogP contribution in [0.2, 0.25) is 0 Å². The molecule has 2 aliphatic heterocycles. The van der Waals surface area contributed by atoms with Crippen LogP contribution >= 0.6 is 0 Å². The number of amides is 5. The summed E-state index contributed by atoms with van der Waals surface area (Å²) in [6, 6.07) is 26.8. The van der Waals surface area contributed by atoms with E-state index in [-0.39, 0.29) is 69.7 Å². The molecule has 14 nitrogen and oxygen atoms in total. The Morgan fingerprint density at radius 1 is 0.658 bits per heavy atom. The Hall–Kier alpha value is -6.83. The number of imidazole rings is 2. The molecule has 0 spiro atoms. The van der Waals surface area contributed by atoms with Crippen LogP contribution in [0, 0.1) is 0 Å². The Morgan fingerprint density at radius 2 is 1.10 bits per heavy atom. The largest absolute Gasteiger partial charge is 0.444 e. The lowest BCUT2D eigenvalue weighted by Crippen LogP contribution is -2.48. The Kier molecular flexibility index (Phi) is 14.4. The summed E-state index contributed by atoms with van der Waals surface area (Å²) in [5, 5.41) is 2.72. The zero-order valence-corrected chi connectivity index (χ0v) is 41.1. The molecule has 0 radical (unpaired) electrons. The van der Waals surface area contributed by atoms with Gasteiger partial charge in [0.2, 0.25) is 0 Å². The molecule has 2 fully saturated rings. The predicted molar refractivity (Wildman–Crippen MR) is 264 cm³/mol. The van der Waals surface area contributed by atoms with Gasteiger partial charge in [-0.1, -0.05) is 48.5 Å². The van der Waals surface area contributed by atoms with E-state index in [4.69, 9.17) is 20.4 Å². The minimum atomic E-state index is -4.26. The van der Waals surface area contributed by atoms with Gasteiger partial charge in [-0.3, -0.25) is 9.80 Å². The summed E-state index contributed by atoms with van der Waals surface area (Å²) in [5.74, 6) is 1.08. The summed E-state index contributed by atoms with van der Waals surface area (Å²) in [4.78, 5) is 55.7. The zero-order chi connectivity index (χ0) is 51.8. The third kappa shape index (κ3) is 12.3. The van der Waals surface area contributed by atoms with E-state index in [0.29, 0.717) is 47.8 Å². The van der Waals surface area contributed by atoms with Crippen molar-refractivity contribution in [1.29, 1.82) is 0 Å². The Balaban J connectivity index is 0.000000183. The monoisotopic (exact) mass is 1010 g/mol. The second kappa shape index (κ2) is 20.6. The number of para-hydroxylation sites is 2. The van der Waals surface area contributed by atoms with Crippen molar-refractivity contribution < 1.29 is 45.5 Å². The van der Waals surface area contributed by atoms with Crippen molar-refractivity contribution in [1.82, 2.24) is 34.2 Å². The number of benzene rings is 4. The van der Waals surface area contributed by atoms with Crippen molar-refractivity contribution in [2.24, 2.45) is 5.73 Å². The van der Waals surface area contributed by atoms with E-state index >= 15 is 0 Å². The molecule has 6 aromatic rings. The number of anilines is 2. The van der Waals surface area contributed by atoms with Crippen LogP contribution in [0.3, 0.4) is 0 Å². The van der Waals surface area contributed by atoms with Crippen molar-refractivity contribution >= 4 is 51.6 Å². The predicted octanol–water partition coefficient (Wildman–Crippen LogP) is 11.5. The van der Waals surface area contributed by atoms with Gasteiger partial charge in [0.1, 0.15) is 17.2 Å². The highest BCUT2D eigenvalue weighted by atomic mass is 19.4. The number of nitrogens with one attached hydrogen (secondary N) is 1. The molecule has 2 aromatic heterocycles. The van der Waals surface area contributed by atoms with Crippen molar-refractivity contribution in [3.05, 3.63) is 119 Å². The van der Waals surface area contributed by atoms with Gasteiger partial charge in [-0.05, 0) is 118 Å². The SMILES string of the molecule is CC(C)(C)OC(=O)NCc1ccc2c(c1)nc(CN1C(=O)N(C3CC3)Cc3ccccc31)n2CCCC(F)(F)F.NCc1ccc2c(c1)nc(CN1C(=O)N(C3CC3)Cc3ccccc31)n2CCCC(F)(F)F.